The normalized spacial score (nSPS) is 14.4. The van der Waals surface area contributed by atoms with Gasteiger partial charge >= 0.3 is 0 Å². The van der Waals surface area contributed by atoms with Crippen molar-refractivity contribution in [3.8, 4) is 0 Å². The van der Waals surface area contributed by atoms with E-state index in [1.165, 1.54) is 12.0 Å². The van der Waals surface area contributed by atoms with Crippen LogP contribution in [0.1, 0.15) is 41.0 Å². The van der Waals surface area contributed by atoms with E-state index >= 15 is 0 Å². The molecule has 0 atom stereocenters. The smallest absolute Gasteiger partial charge is 0.272 e. The Morgan fingerprint density at radius 2 is 1.88 bits per heavy atom. The van der Waals surface area contributed by atoms with Gasteiger partial charge in [0.05, 0.1) is 0 Å². The number of aryl methyl sites for hydroxylation is 1. The Morgan fingerprint density at radius 3 is 2.60 bits per heavy atom. The van der Waals surface area contributed by atoms with Crippen LogP contribution in [0.2, 0.25) is 0 Å². The molecule has 0 unspecified atom stereocenters. The molecule has 1 amide bonds. The maximum atomic E-state index is 12.8. The summed E-state index contributed by atoms with van der Waals surface area (Å²) < 4.78 is 0. The molecule has 3 rings (SSSR count). The third kappa shape index (κ3) is 4.53. The number of amides is 1. The molecule has 132 valence electrons. The van der Waals surface area contributed by atoms with Crippen LogP contribution in [-0.2, 0) is 6.42 Å². The van der Waals surface area contributed by atoms with Crippen LogP contribution >= 0.6 is 0 Å². The van der Waals surface area contributed by atoms with E-state index in [0.29, 0.717) is 18.2 Å². The zero-order valence-corrected chi connectivity index (χ0v) is 15.0. The number of rotatable bonds is 5. The molecule has 6 nitrogen and oxygen atoms in total. The van der Waals surface area contributed by atoms with Gasteiger partial charge in [0.25, 0.3) is 5.91 Å². The van der Waals surface area contributed by atoms with Crippen molar-refractivity contribution in [1.29, 1.82) is 0 Å². The minimum Gasteiger partial charge on any atom is -0.341 e. The van der Waals surface area contributed by atoms with Gasteiger partial charge in [-0.25, -0.2) is 9.97 Å². The van der Waals surface area contributed by atoms with Gasteiger partial charge in [-0.2, -0.15) is 0 Å². The quantitative estimate of drug-likeness (QED) is 0.837. The maximum Gasteiger partial charge on any atom is 0.272 e. The topological polar surface area (TPSA) is 62.2 Å². The van der Waals surface area contributed by atoms with Crippen molar-refractivity contribution >= 4 is 11.9 Å². The number of pyridine rings is 1. The summed E-state index contributed by atoms with van der Waals surface area (Å²) in [6.45, 7) is 4.50. The molecule has 6 heteroatoms. The molecular weight excluding hydrogens is 314 g/mol. The fraction of sp³-hybridized carbons (Fsp3) is 0.474. The number of aromatic nitrogens is 3. The highest BCUT2D eigenvalue weighted by Gasteiger charge is 2.19. The minimum atomic E-state index is -0.0576. The number of nitrogens with zero attached hydrogens (tertiary/aromatic N) is 5. The summed E-state index contributed by atoms with van der Waals surface area (Å²) >= 11 is 0. The number of carbonyl (C=O) groups is 1. The Kier molecular flexibility index (Phi) is 5.58. The first-order valence-corrected chi connectivity index (χ1v) is 8.88. The SMILES string of the molecule is Cc1cc(C(=O)N(C)CCc2ccncc2)nc(N2CCCCC2)n1. The predicted octanol–water partition coefficient (Wildman–Crippen LogP) is 2.49. The van der Waals surface area contributed by atoms with Gasteiger partial charge in [0, 0.05) is 44.8 Å². The molecule has 0 saturated carbocycles. The second-order valence-electron chi connectivity index (χ2n) is 6.57. The van der Waals surface area contributed by atoms with Crippen LogP contribution in [0.4, 0.5) is 5.95 Å². The van der Waals surface area contributed by atoms with Crippen molar-refractivity contribution in [1.82, 2.24) is 19.9 Å². The second kappa shape index (κ2) is 8.05. The average molecular weight is 339 g/mol. The molecule has 1 aliphatic rings. The standard InChI is InChI=1S/C19H25N5O/c1-15-14-17(22-19(21-15)24-11-4-3-5-12-24)18(25)23(2)13-8-16-6-9-20-10-7-16/h6-7,9-10,14H,3-5,8,11-13H2,1-2H3. The highest BCUT2D eigenvalue weighted by molar-refractivity contribution is 5.92. The van der Waals surface area contributed by atoms with Crippen LogP contribution in [0.5, 0.6) is 0 Å². The molecule has 2 aromatic rings. The zero-order valence-electron chi connectivity index (χ0n) is 15.0. The number of hydrogen-bond acceptors (Lipinski definition) is 5. The molecule has 25 heavy (non-hydrogen) atoms. The summed E-state index contributed by atoms with van der Waals surface area (Å²) in [5.74, 6) is 0.628. The monoisotopic (exact) mass is 339 g/mol. The van der Waals surface area contributed by atoms with E-state index < -0.39 is 0 Å². The summed E-state index contributed by atoms with van der Waals surface area (Å²) in [6, 6.07) is 5.72. The lowest BCUT2D eigenvalue weighted by Crippen LogP contribution is -2.33. The average Bonchev–Trinajstić information content (AvgIpc) is 2.66. The molecular formula is C19H25N5O. The third-order valence-electron chi connectivity index (χ3n) is 4.53. The van der Waals surface area contributed by atoms with Gasteiger partial charge in [-0.1, -0.05) is 0 Å². The molecule has 0 N–H and O–H groups in total. The number of carbonyl (C=O) groups excluding carboxylic acids is 1. The molecule has 0 bridgehead atoms. The van der Waals surface area contributed by atoms with Crippen LogP contribution in [0.25, 0.3) is 0 Å². The Bertz CT molecular complexity index is 713. The van der Waals surface area contributed by atoms with E-state index in [9.17, 15) is 4.79 Å². The lowest BCUT2D eigenvalue weighted by Gasteiger charge is -2.27. The van der Waals surface area contributed by atoms with Crippen LogP contribution in [0, 0.1) is 6.92 Å². The number of anilines is 1. The lowest BCUT2D eigenvalue weighted by atomic mass is 10.1. The first kappa shape index (κ1) is 17.3. The number of piperidine rings is 1. The predicted molar refractivity (Wildman–Crippen MR) is 97.7 cm³/mol. The molecule has 1 fully saturated rings. The van der Waals surface area contributed by atoms with Crippen molar-refractivity contribution < 1.29 is 4.79 Å². The first-order valence-electron chi connectivity index (χ1n) is 8.88. The van der Waals surface area contributed by atoms with Crippen LogP contribution < -0.4 is 4.90 Å². The fourth-order valence-electron chi connectivity index (χ4n) is 3.04. The van der Waals surface area contributed by atoms with Crippen molar-refractivity contribution in [3.05, 3.63) is 47.5 Å². The van der Waals surface area contributed by atoms with Gasteiger partial charge in [0.1, 0.15) is 5.69 Å². The van der Waals surface area contributed by atoms with Crippen LogP contribution in [0.15, 0.2) is 30.6 Å². The number of likely N-dealkylation sites (N-methyl/N-ethyl adjacent to an activating group) is 1. The Hall–Kier alpha value is -2.50. The highest BCUT2D eigenvalue weighted by atomic mass is 16.2. The van der Waals surface area contributed by atoms with Crippen molar-refractivity contribution in [3.63, 3.8) is 0 Å². The van der Waals surface area contributed by atoms with Crippen molar-refractivity contribution in [2.24, 2.45) is 0 Å². The van der Waals surface area contributed by atoms with E-state index in [1.54, 1.807) is 23.4 Å². The van der Waals surface area contributed by atoms with Crippen LogP contribution in [0.3, 0.4) is 0 Å². The van der Waals surface area contributed by atoms with E-state index in [-0.39, 0.29) is 5.91 Å². The molecule has 0 spiro atoms. The van der Waals surface area contributed by atoms with E-state index in [2.05, 4.69) is 19.9 Å². The summed E-state index contributed by atoms with van der Waals surface area (Å²) in [4.78, 5) is 29.8. The van der Waals surface area contributed by atoms with E-state index in [0.717, 1.165) is 38.0 Å². The summed E-state index contributed by atoms with van der Waals surface area (Å²) in [5.41, 5.74) is 2.48. The second-order valence-corrected chi connectivity index (χ2v) is 6.57. The molecule has 2 aromatic heterocycles. The summed E-state index contributed by atoms with van der Waals surface area (Å²) in [6.07, 6.45) is 7.92. The van der Waals surface area contributed by atoms with Crippen LogP contribution in [-0.4, -0.2) is 52.4 Å². The largest absolute Gasteiger partial charge is 0.341 e. The van der Waals surface area contributed by atoms with E-state index in [4.69, 9.17) is 0 Å². The number of hydrogen-bond donors (Lipinski definition) is 0. The molecule has 1 aliphatic heterocycles. The van der Waals surface area contributed by atoms with Gasteiger partial charge in [-0.15, -0.1) is 0 Å². The third-order valence-corrected chi connectivity index (χ3v) is 4.53. The summed E-state index contributed by atoms with van der Waals surface area (Å²) in [7, 11) is 1.82. The first-order chi connectivity index (χ1) is 12.1. The summed E-state index contributed by atoms with van der Waals surface area (Å²) in [5, 5.41) is 0. The van der Waals surface area contributed by atoms with Gasteiger partial charge in [-0.3, -0.25) is 9.78 Å². The lowest BCUT2D eigenvalue weighted by molar-refractivity contribution is 0.0790. The molecule has 0 radical (unpaired) electrons. The van der Waals surface area contributed by atoms with Gasteiger partial charge in [-0.05, 0) is 56.4 Å². The Labute approximate surface area is 148 Å². The molecule has 3 heterocycles. The van der Waals surface area contributed by atoms with E-state index in [1.807, 2.05) is 26.1 Å². The van der Waals surface area contributed by atoms with Gasteiger partial charge in [0.15, 0.2) is 0 Å². The van der Waals surface area contributed by atoms with Gasteiger partial charge < -0.3 is 9.80 Å². The van der Waals surface area contributed by atoms with Gasteiger partial charge in [0.2, 0.25) is 5.95 Å². The molecule has 0 aliphatic carbocycles. The minimum absolute atomic E-state index is 0.0576. The van der Waals surface area contributed by atoms with Crippen molar-refractivity contribution in [2.45, 2.75) is 32.6 Å². The Balaban J connectivity index is 1.69. The molecule has 1 saturated heterocycles. The maximum absolute atomic E-state index is 12.8. The fourth-order valence-corrected chi connectivity index (χ4v) is 3.04. The highest BCUT2D eigenvalue weighted by Crippen LogP contribution is 2.17. The zero-order chi connectivity index (χ0) is 17.6. The van der Waals surface area contributed by atoms with Crippen molar-refractivity contribution in [2.75, 3.05) is 31.6 Å². The molecule has 0 aromatic carbocycles. The Morgan fingerprint density at radius 1 is 1.16 bits per heavy atom.